The summed E-state index contributed by atoms with van der Waals surface area (Å²) in [6.45, 7) is 3.23. The summed E-state index contributed by atoms with van der Waals surface area (Å²) in [4.78, 5) is 11.9. The monoisotopic (exact) mass is 247 g/mol. The predicted molar refractivity (Wildman–Crippen MR) is 69.3 cm³/mol. The highest BCUT2D eigenvalue weighted by Gasteiger charge is 2.11. The van der Waals surface area contributed by atoms with Crippen molar-refractivity contribution in [3.8, 4) is 0 Å². The fourth-order valence-electron chi connectivity index (χ4n) is 1.83. The first-order valence-electron chi connectivity index (χ1n) is 5.97. The zero-order valence-electron chi connectivity index (χ0n) is 10.3. The van der Waals surface area contributed by atoms with Crippen molar-refractivity contribution >= 4 is 11.6 Å². The molecule has 2 aromatic rings. The van der Waals surface area contributed by atoms with Crippen LogP contribution in [0, 0.1) is 0 Å². The molecule has 2 rings (SSSR count). The van der Waals surface area contributed by atoms with Gasteiger partial charge in [-0.25, -0.2) is 0 Å². The van der Waals surface area contributed by atoms with Crippen LogP contribution in [0.1, 0.15) is 23.2 Å². The van der Waals surface area contributed by atoms with Gasteiger partial charge in [0.05, 0.1) is 12.0 Å². The van der Waals surface area contributed by atoms with Crippen LogP contribution in [-0.2, 0) is 13.0 Å². The van der Waals surface area contributed by atoms with E-state index in [1.54, 1.807) is 18.5 Å². The average Bonchev–Trinajstić information content (AvgIpc) is 2.98. The van der Waals surface area contributed by atoms with Crippen LogP contribution < -0.4 is 11.1 Å². The van der Waals surface area contributed by atoms with Crippen LogP contribution in [0.15, 0.2) is 35.1 Å². The second-order valence-electron chi connectivity index (χ2n) is 4.03. The molecule has 0 aliphatic rings. The molecule has 96 valence electrons. The second kappa shape index (κ2) is 5.44. The number of rotatable bonds is 5. The number of aryl methyl sites for hydroxylation is 1. The molecule has 1 amide bonds. The number of nitrogens with one attached hydrogen (secondary N) is 1. The summed E-state index contributed by atoms with van der Waals surface area (Å²) in [5, 5.41) is 2.85. The number of aromatic nitrogens is 1. The summed E-state index contributed by atoms with van der Waals surface area (Å²) >= 11 is 0. The van der Waals surface area contributed by atoms with Crippen molar-refractivity contribution in [1.82, 2.24) is 9.88 Å². The molecule has 0 saturated heterocycles. The summed E-state index contributed by atoms with van der Waals surface area (Å²) in [6.07, 6.45) is 4.07. The predicted octanol–water partition coefficient (Wildman–Crippen LogP) is 1.66. The molecule has 0 aliphatic carbocycles. The van der Waals surface area contributed by atoms with Crippen molar-refractivity contribution in [2.45, 2.75) is 19.9 Å². The molecule has 0 saturated carbocycles. The first-order valence-corrected chi connectivity index (χ1v) is 5.97. The lowest BCUT2D eigenvalue weighted by molar-refractivity contribution is 0.0944. The number of anilines is 1. The van der Waals surface area contributed by atoms with Gasteiger partial charge in [-0.15, -0.1) is 0 Å². The lowest BCUT2D eigenvalue weighted by Crippen LogP contribution is -2.27. The maximum atomic E-state index is 11.9. The van der Waals surface area contributed by atoms with E-state index in [1.807, 2.05) is 23.6 Å². The van der Waals surface area contributed by atoms with Gasteiger partial charge in [0.2, 0.25) is 0 Å². The zero-order chi connectivity index (χ0) is 13.0. The highest BCUT2D eigenvalue weighted by Crippen LogP contribution is 2.10. The van der Waals surface area contributed by atoms with E-state index in [2.05, 4.69) is 5.32 Å². The lowest BCUT2D eigenvalue weighted by atomic mass is 10.3. The smallest absolute Gasteiger partial charge is 0.267 e. The Morgan fingerprint density at radius 1 is 1.56 bits per heavy atom. The van der Waals surface area contributed by atoms with Crippen molar-refractivity contribution < 1.29 is 9.21 Å². The highest BCUT2D eigenvalue weighted by molar-refractivity contribution is 5.93. The Balaban J connectivity index is 1.91. The molecule has 2 heterocycles. The topological polar surface area (TPSA) is 73.2 Å². The molecule has 18 heavy (non-hydrogen) atoms. The van der Waals surface area contributed by atoms with Gasteiger partial charge in [-0.2, -0.15) is 0 Å². The van der Waals surface area contributed by atoms with E-state index in [0.717, 1.165) is 12.3 Å². The molecule has 5 heteroatoms. The molecule has 2 aromatic heterocycles. The lowest BCUT2D eigenvalue weighted by Gasteiger charge is -2.06. The zero-order valence-corrected chi connectivity index (χ0v) is 10.3. The van der Waals surface area contributed by atoms with Gasteiger partial charge in [-0.05, 0) is 25.1 Å². The summed E-state index contributed by atoms with van der Waals surface area (Å²) in [5.41, 5.74) is 6.88. The van der Waals surface area contributed by atoms with Gasteiger partial charge in [0.15, 0.2) is 0 Å². The largest absolute Gasteiger partial charge is 0.469 e. The van der Waals surface area contributed by atoms with Gasteiger partial charge >= 0.3 is 0 Å². The van der Waals surface area contributed by atoms with Gasteiger partial charge in [-0.1, -0.05) is 0 Å². The van der Waals surface area contributed by atoms with Crippen LogP contribution >= 0.6 is 0 Å². The highest BCUT2D eigenvalue weighted by atomic mass is 16.3. The molecule has 0 unspecified atom stereocenters. The van der Waals surface area contributed by atoms with Crippen molar-refractivity contribution in [2.75, 3.05) is 12.3 Å². The quantitative estimate of drug-likeness (QED) is 0.843. The third-order valence-corrected chi connectivity index (χ3v) is 2.73. The minimum Gasteiger partial charge on any atom is -0.469 e. The van der Waals surface area contributed by atoms with Crippen LogP contribution in [-0.4, -0.2) is 17.0 Å². The summed E-state index contributed by atoms with van der Waals surface area (Å²) in [5.74, 6) is 0.751. The van der Waals surface area contributed by atoms with Crippen molar-refractivity contribution in [1.29, 1.82) is 0 Å². The summed E-state index contributed by atoms with van der Waals surface area (Å²) < 4.78 is 7.02. The van der Waals surface area contributed by atoms with Gasteiger partial charge in [0.25, 0.3) is 5.91 Å². The molecule has 0 bridgehead atoms. The van der Waals surface area contributed by atoms with E-state index < -0.39 is 0 Å². The van der Waals surface area contributed by atoms with E-state index in [4.69, 9.17) is 10.2 Å². The number of nitrogens with zero attached hydrogens (tertiary/aromatic N) is 1. The fraction of sp³-hybridized carbons (Fsp3) is 0.308. The normalized spacial score (nSPS) is 10.5. The number of furan rings is 1. The number of hydrogen-bond acceptors (Lipinski definition) is 3. The standard InChI is InChI=1S/C13H17N3O2/c1-2-16-9-10(14)8-12(16)13(17)15-6-5-11-4-3-7-18-11/h3-4,7-9H,2,5-6,14H2,1H3,(H,15,17). The molecule has 0 aromatic carbocycles. The summed E-state index contributed by atoms with van der Waals surface area (Å²) in [7, 11) is 0. The first-order chi connectivity index (χ1) is 8.70. The van der Waals surface area contributed by atoms with Gasteiger partial charge < -0.3 is 20.0 Å². The first kappa shape index (κ1) is 12.3. The second-order valence-corrected chi connectivity index (χ2v) is 4.03. The van der Waals surface area contributed by atoms with Crippen LogP contribution in [0.25, 0.3) is 0 Å². The number of nitrogens with two attached hydrogens (primary N) is 1. The van der Waals surface area contributed by atoms with E-state index in [-0.39, 0.29) is 5.91 Å². The van der Waals surface area contributed by atoms with E-state index in [1.165, 1.54) is 0 Å². The SMILES string of the molecule is CCn1cc(N)cc1C(=O)NCCc1ccco1. The Bertz CT molecular complexity index is 514. The molecule has 0 aliphatic heterocycles. The Kier molecular flexibility index (Phi) is 3.72. The van der Waals surface area contributed by atoms with Crippen LogP contribution in [0.4, 0.5) is 5.69 Å². The fourth-order valence-corrected chi connectivity index (χ4v) is 1.83. The minimum atomic E-state index is -0.111. The molecular formula is C13H17N3O2. The average molecular weight is 247 g/mol. The molecule has 0 radical (unpaired) electrons. The van der Waals surface area contributed by atoms with E-state index in [9.17, 15) is 4.79 Å². The number of hydrogen-bond donors (Lipinski definition) is 2. The molecule has 0 atom stereocenters. The van der Waals surface area contributed by atoms with Crippen LogP contribution in [0.5, 0.6) is 0 Å². The van der Waals surface area contributed by atoms with Gasteiger partial charge in [-0.3, -0.25) is 4.79 Å². The number of amides is 1. The van der Waals surface area contributed by atoms with Crippen molar-refractivity contribution in [2.24, 2.45) is 0 Å². The number of carbonyl (C=O) groups is 1. The van der Waals surface area contributed by atoms with Crippen LogP contribution in [0.3, 0.4) is 0 Å². The Morgan fingerprint density at radius 3 is 3.06 bits per heavy atom. The number of nitrogen functional groups attached to an aromatic ring is 1. The molecule has 5 nitrogen and oxygen atoms in total. The summed E-state index contributed by atoms with van der Waals surface area (Å²) in [6, 6.07) is 5.41. The van der Waals surface area contributed by atoms with Crippen molar-refractivity contribution in [3.05, 3.63) is 42.1 Å². The minimum absolute atomic E-state index is 0.111. The molecule has 3 N–H and O–H groups in total. The maximum absolute atomic E-state index is 11.9. The van der Waals surface area contributed by atoms with E-state index in [0.29, 0.717) is 24.3 Å². The molecular weight excluding hydrogens is 230 g/mol. The third-order valence-electron chi connectivity index (χ3n) is 2.73. The molecule has 0 spiro atoms. The van der Waals surface area contributed by atoms with Crippen molar-refractivity contribution in [3.63, 3.8) is 0 Å². The number of carbonyl (C=O) groups excluding carboxylic acids is 1. The van der Waals surface area contributed by atoms with Crippen LogP contribution in [0.2, 0.25) is 0 Å². The van der Waals surface area contributed by atoms with Gasteiger partial charge in [0, 0.05) is 25.7 Å². The maximum Gasteiger partial charge on any atom is 0.267 e. The Morgan fingerprint density at radius 2 is 2.39 bits per heavy atom. The molecule has 0 fully saturated rings. The van der Waals surface area contributed by atoms with Gasteiger partial charge in [0.1, 0.15) is 11.5 Å². The Hall–Kier alpha value is -2.17. The third kappa shape index (κ3) is 2.74. The van der Waals surface area contributed by atoms with E-state index >= 15 is 0 Å². The Labute approximate surface area is 106 Å².